The highest BCUT2D eigenvalue weighted by Crippen LogP contribution is 2.45. The van der Waals surface area contributed by atoms with Gasteiger partial charge in [0.1, 0.15) is 0 Å². The zero-order valence-electron chi connectivity index (χ0n) is 6.77. The molecule has 62 valence electrons. The van der Waals surface area contributed by atoms with Crippen LogP contribution in [0.1, 0.15) is 26.2 Å². The standard InChI is InChI=1S/C9H13ClO/c1-3-7-5-4-6-9(7,2)8(10)11/h3,7H,1,4-6H2,2H3/t7-,9-/m1/s1. The molecule has 0 aliphatic heterocycles. The summed E-state index contributed by atoms with van der Waals surface area (Å²) in [7, 11) is 0. The molecule has 1 fully saturated rings. The summed E-state index contributed by atoms with van der Waals surface area (Å²) in [5.74, 6) is 0.285. The van der Waals surface area contributed by atoms with Gasteiger partial charge in [0.15, 0.2) is 0 Å². The van der Waals surface area contributed by atoms with Crippen LogP contribution in [0.2, 0.25) is 0 Å². The molecule has 1 aliphatic rings. The molecule has 11 heavy (non-hydrogen) atoms. The van der Waals surface area contributed by atoms with Gasteiger partial charge in [-0.05, 0) is 30.4 Å². The average molecular weight is 173 g/mol. The second kappa shape index (κ2) is 2.98. The van der Waals surface area contributed by atoms with Crippen LogP contribution in [-0.4, -0.2) is 5.24 Å². The number of carbonyl (C=O) groups excluding carboxylic acids is 1. The van der Waals surface area contributed by atoms with Gasteiger partial charge in [-0.1, -0.05) is 19.4 Å². The molecule has 0 aromatic heterocycles. The highest BCUT2D eigenvalue weighted by atomic mass is 35.5. The third kappa shape index (κ3) is 1.34. The molecule has 1 saturated carbocycles. The van der Waals surface area contributed by atoms with Crippen LogP contribution >= 0.6 is 11.6 Å². The number of rotatable bonds is 2. The molecule has 0 radical (unpaired) electrons. The topological polar surface area (TPSA) is 17.1 Å². The van der Waals surface area contributed by atoms with Crippen molar-refractivity contribution in [2.24, 2.45) is 11.3 Å². The molecule has 0 amide bonds. The van der Waals surface area contributed by atoms with E-state index in [1.54, 1.807) is 0 Å². The summed E-state index contributed by atoms with van der Waals surface area (Å²) < 4.78 is 0. The Morgan fingerprint density at radius 3 is 2.82 bits per heavy atom. The second-order valence-corrected chi connectivity index (χ2v) is 3.77. The first-order chi connectivity index (χ1) is 5.11. The molecule has 0 aromatic carbocycles. The minimum atomic E-state index is -0.330. The summed E-state index contributed by atoms with van der Waals surface area (Å²) >= 11 is 5.51. The van der Waals surface area contributed by atoms with Crippen LogP contribution in [0.5, 0.6) is 0 Å². The fourth-order valence-electron chi connectivity index (χ4n) is 1.82. The zero-order valence-corrected chi connectivity index (χ0v) is 7.53. The molecule has 0 N–H and O–H groups in total. The normalized spacial score (nSPS) is 37.1. The first-order valence-electron chi connectivity index (χ1n) is 3.94. The Balaban J connectivity index is 2.83. The van der Waals surface area contributed by atoms with Gasteiger partial charge in [-0.15, -0.1) is 6.58 Å². The van der Waals surface area contributed by atoms with Crippen LogP contribution in [0, 0.1) is 11.3 Å². The van der Waals surface area contributed by atoms with Crippen LogP contribution in [0.15, 0.2) is 12.7 Å². The Bertz CT molecular complexity index is 188. The highest BCUT2D eigenvalue weighted by molar-refractivity contribution is 6.64. The predicted molar refractivity (Wildman–Crippen MR) is 46.5 cm³/mol. The minimum absolute atomic E-state index is 0.208. The predicted octanol–water partition coefficient (Wildman–Crippen LogP) is 2.74. The third-order valence-electron chi connectivity index (χ3n) is 2.76. The molecule has 1 rings (SSSR count). The Morgan fingerprint density at radius 1 is 1.82 bits per heavy atom. The van der Waals surface area contributed by atoms with Crippen LogP contribution in [0.25, 0.3) is 0 Å². The highest BCUT2D eigenvalue weighted by Gasteiger charge is 2.42. The smallest absolute Gasteiger partial charge is 0.228 e. The maximum Gasteiger partial charge on any atom is 0.228 e. The molecule has 0 bridgehead atoms. The van der Waals surface area contributed by atoms with Crippen LogP contribution in [0.3, 0.4) is 0 Å². The average Bonchev–Trinajstić information content (AvgIpc) is 2.32. The quantitative estimate of drug-likeness (QED) is 0.463. The van der Waals surface area contributed by atoms with Gasteiger partial charge in [-0.2, -0.15) is 0 Å². The fraction of sp³-hybridized carbons (Fsp3) is 0.667. The van der Waals surface area contributed by atoms with E-state index in [0.29, 0.717) is 0 Å². The van der Waals surface area contributed by atoms with E-state index in [1.165, 1.54) is 0 Å². The van der Waals surface area contributed by atoms with E-state index in [0.717, 1.165) is 19.3 Å². The minimum Gasteiger partial charge on any atom is -0.281 e. The number of hydrogen-bond acceptors (Lipinski definition) is 1. The van der Waals surface area contributed by atoms with E-state index < -0.39 is 0 Å². The Kier molecular flexibility index (Phi) is 2.38. The van der Waals surface area contributed by atoms with Gasteiger partial charge in [-0.25, -0.2) is 0 Å². The van der Waals surface area contributed by atoms with Crippen molar-refractivity contribution in [3.8, 4) is 0 Å². The largest absolute Gasteiger partial charge is 0.281 e. The van der Waals surface area contributed by atoms with Crippen LogP contribution in [0.4, 0.5) is 0 Å². The SMILES string of the molecule is C=C[C@@H]1CCC[C@@]1(C)C(=O)Cl. The van der Waals surface area contributed by atoms with Gasteiger partial charge in [-0.3, -0.25) is 4.79 Å². The monoisotopic (exact) mass is 172 g/mol. The van der Waals surface area contributed by atoms with Crippen molar-refractivity contribution in [3.63, 3.8) is 0 Å². The van der Waals surface area contributed by atoms with Gasteiger partial charge >= 0.3 is 0 Å². The van der Waals surface area contributed by atoms with Gasteiger partial charge in [0.25, 0.3) is 0 Å². The molecule has 0 saturated heterocycles. The van der Waals surface area contributed by atoms with Crippen LogP contribution < -0.4 is 0 Å². The Hall–Kier alpha value is -0.300. The maximum atomic E-state index is 11.1. The van der Waals surface area contributed by atoms with Crippen molar-refractivity contribution >= 4 is 16.8 Å². The van der Waals surface area contributed by atoms with E-state index in [-0.39, 0.29) is 16.6 Å². The second-order valence-electron chi connectivity index (χ2n) is 3.43. The molecule has 2 atom stereocenters. The lowest BCUT2D eigenvalue weighted by molar-refractivity contribution is -0.120. The third-order valence-corrected chi connectivity index (χ3v) is 3.19. The molecule has 2 heteroatoms. The number of halogens is 1. The van der Waals surface area contributed by atoms with E-state index in [2.05, 4.69) is 6.58 Å². The van der Waals surface area contributed by atoms with Gasteiger partial charge < -0.3 is 0 Å². The Morgan fingerprint density at radius 2 is 2.45 bits per heavy atom. The fourth-order valence-corrected chi connectivity index (χ4v) is 2.05. The van der Waals surface area contributed by atoms with Crippen molar-refractivity contribution < 1.29 is 4.79 Å². The summed E-state index contributed by atoms with van der Waals surface area (Å²) in [6, 6.07) is 0. The maximum absolute atomic E-state index is 11.1. The van der Waals surface area contributed by atoms with Gasteiger partial charge in [0, 0.05) is 5.41 Å². The Labute approximate surface area is 72.4 Å². The van der Waals surface area contributed by atoms with Crippen molar-refractivity contribution in [2.45, 2.75) is 26.2 Å². The molecule has 1 nitrogen and oxygen atoms in total. The number of carbonyl (C=O) groups is 1. The summed E-state index contributed by atoms with van der Waals surface area (Å²) in [5.41, 5.74) is -0.330. The lowest BCUT2D eigenvalue weighted by Crippen LogP contribution is -2.26. The van der Waals surface area contributed by atoms with Crippen LogP contribution in [-0.2, 0) is 4.79 Å². The summed E-state index contributed by atoms with van der Waals surface area (Å²) in [6.07, 6.45) is 4.91. The van der Waals surface area contributed by atoms with E-state index in [4.69, 9.17) is 11.6 Å². The molecule has 0 unspecified atom stereocenters. The van der Waals surface area contributed by atoms with Gasteiger partial charge in [0.05, 0.1) is 0 Å². The molecular formula is C9H13ClO. The molecular weight excluding hydrogens is 160 g/mol. The van der Waals surface area contributed by atoms with Crippen molar-refractivity contribution in [3.05, 3.63) is 12.7 Å². The molecule has 0 spiro atoms. The molecule has 0 aromatic rings. The zero-order chi connectivity index (χ0) is 8.48. The number of allylic oxidation sites excluding steroid dienone is 1. The summed E-state index contributed by atoms with van der Waals surface area (Å²) in [5, 5.41) is -0.208. The molecule has 0 heterocycles. The lowest BCUT2D eigenvalue weighted by Gasteiger charge is -2.24. The lowest BCUT2D eigenvalue weighted by atomic mass is 9.81. The van der Waals surface area contributed by atoms with Crippen molar-refractivity contribution in [2.75, 3.05) is 0 Å². The van der Waals surface area contributed by atoms with Crippen molar-refractivity contribution in [1.29, 1.82) is 0 Å². The first kappa shape index (κ1) is 8.79. The van der Waals surface area contributed by atoms with E-state index in [1.807, 2.05) is 13.0 Å². The van der Waals surface area contributed by atoms with Crippen molar-refractivity contribution in [1.82, 2.24) is 0 Å². The van der Waals surface area contributed by atoms with Gasteiger partial charge in [0.2, 0.25) is 5.24 Å². The first-order valence-corrected chi connectivity index (χ1v) is 4.31. The number of hydrogen-bond donors (Lipinski definition) is 0. The summed E-state index contributed by atoms with van der Waals surface area (Å²) in [6.45, 7) is 5.64. The molecule has 1 aliphatic carbocycles. The van der Waals surface area contributed by atoms with E-state index in [9.17, 15) is 4.79 Å². The van der Waals surface area contributed by atoms with E-state index >= 15 is 0 Å². The summed E-state index contributed by atoms with van der Waals surface area (Å²) in [4.78, 5) is 11.1.